The number of carbonyl (C=O) groups is 1. The number of fused-ring (bicyclic) bond motifs is 1. The van der Waals surface area contributed by atoms with Crippen molar-refractivity contribution in [3.8, 4) is 11.5 Å². The van der Waals surface area contributed by atoms with Gasteiger partial charge in [-0.25, -0.2) is 0 Å². The van der Waals surface area contributed by atoms with E-state index in [0.717, 1.165) is 23.5 Å². The van der Waals surface area contributed by atoms with Crippen LogP contribution in [-0.2, 0) is 11.3 Å². The standard InChI is InChI=1S/C14H19NO3/c1-10(2)3-6-14(16)15-8-11-4-5-12-13(7-11)18-9-17-12/h4-5,7,10H,3,6,8-9H2,1-2H3,(H,15,16). The Bertz CT molecular complexity index is 429. The van der Waals surface area contributed by atoms with Gasteiger partial charge in [0.15, 0.2) is 11.5 Å². The van der Waals surface area contributed by atoms with Crippen molar-refractivity contribution in [2.24, 2.45) is 5.92 Å². The van der Waals surface area contributed by atoms with E-state index in [1.807, 2.05) is 18.2 Å². The lowest BCUT2D eigenvalue weighted by molar-refractivity contribution is -0.121. The minimum absolute atomic E-state index is 0.0985. The fraction of sp³-hybridized carbons (Fsp3) is 0.500. The Labute approximate surface area is 107 Å². The van der Waals surface area contributed by atoms with Crippen molar-refractivity contribution in [1.29, 1.82) is 0 Å². The zero-order chi connectivity index (χ0) is 13.0. The van der Waals surface area contributed by atoms with Crippen LogP contribution < -0.4 is 14.8 Å². The summed E-state index contributed by atoms with van der Waals surface area (Å²) < 4.78 is 10.5. The van der Waals surface area contributed by atoms with Crippen molar-refractivity contribution < 1.29 is 14.3 Å². The number of hydrogen-bond acceptors (Lipinski definition) is 3. The lowest BCUT2D eigenvalue weighted by Gasteiger charge is -2.07. The molecular formula is C14H19NO3. The molecule has 1 N–H and O–H groups in total. The van der Waals surface area contributed by atoms with Gasteiger partial charge in [-0.1, -0.05) is 19.9 Å². The van der Waals surface area contributed by atoms with Crippen LogP contribution in [0.1, 0.15) is 32.3 Å². The maximum atomic E-state index is 11.6. The Morgan fingerprint density at radius 3 is 2.89 bits per heavy atom. The second-order valence-corrected chi connectivity index (χ2v) is 4.90. The molecule has 0 fully saturated rings. The van der Waals surface area contributed by atoms with E-state index in [4.69, 9.17) is 9.47 Å². The van der Waals surface area contributed by atoms with Crippen LogP contribution in [0.25, 0.3) is 0 Å². The summed E-state index contributed by atoms with van der Waals surface area (Å²) in [6, 6.07) is 5.72. The summed E-state index contributed by atoms with van der Waals surface area (Å²) in [5.41, 5.74) is 1.03. The lowest BCUT2D eigenvalue weighted by Crippen LogP contribution is -2.22. The number of nitrogens with one attached hydrogen (secondary N) is 1. The molecule has 0 spiro atoms. The molecule has 0 aliphatic carbocycles. The van der Waals surface area contributed by atoms with E-state index in [2.05, 4.69) is 19.2 Å². The van der Waals surface area contributed by atoms with Gasteiger partial charge in [0.25, 0.3) is 0 Å². The Balaban J connectivity index is 1.81. The highest BCUT2D eigenvalue weighted by Gasteiger charge is 2.13. The van der Waals surface area contributed by atoms with Crippen molar-refractivity contribution in [3.63, 3.8) is 0 Å². The molecular weight excluding hydrogens is 230 g/mol. The Hall–Kier alpha value is -1.71. The molecule has 1 heterocycles. The SMILES string of the molecule is CC(C)CCC(=O)NCc1ccc2c(c1)OCO2. The maximum Gasteiger partial charge on any atom is 0.231 e. The van der Waals surface area contributed by atoms with Crippen LogP contribution in [0.5, 0.6) is 11.5 Å². The molecule has 1 aromatic rings. The maximum absolute atomic E-state index is 11.6. The van der Waals surface area contributed by atoms with Crippen molar-refractivity contribution >= 4 is 5.91 Å². The number of carbonyl (C=O) groups excluding carboxylic acids is 1. The number of rotatable bonds is 5. The van der Waals surface area contributed by atoms with Crippen molar-refractivity contribution in [2.45, 2.75) is 33.2 Å². The number of amides is 1. The molecule has 1 aliphatic rings. The van der Waals surface area contributed by atoms with Crippen LogP contribution in [0.4, 0.5) is 0 Å². The minimum Gasteiger partial charge on any atom is -0.454 e. The summed E-state index contributed by atoms with van der Waals surface area (Å²) in [4.78, 5) is 11.6. The summed E-state index contributed by atoms with van der Waals surface area (Å²) in [5.74, 6) is 2.18. The molecule has 2 rings (SSSR count). The number of ether oxygens (including phenoxy) is 2. The van der Waals surface area contributed by atoms with Crippen LogP contribution in [0.15, 0.2) is 18.2 Å². The number of benzene rings is 1. The topological polar surface area (TPSA) is 47.6 Å². The third-order valence-corrected chi connectivity index (χ3v) is 2.88. The summed E-state index contributed by atoms with van der Waals surface area (Å²) >= 11 is 0. The highest BCUT2D eigenvalue weighted by atomic mass is 16.7. The normalized spacial score (nSPS) is 12.8. The molecule has 98 valence electrons. The molecule has 0 unspecified atom stereocenters. The molecule has 1 aromatic carbocycles. The van der Waals surface area contributed by atoms with E-state index in [1.165, 1.54) is 0 Å². The van der Waals surface area contributed by atoms with Gasteiger partial charge in [-0.15, -0.1) is 0 Å². The average molecular weight is 249 g/mol. The Kier molecular flexibility index (Phi) is 4.07. The van der Waals surface area contributed by atoms with Gasteiger partial charge in [0.05, 0.1) is 0 Å². The van der Waals surface area contributed by atoms with E-state index in [-0.39, 0.29) is 12.7 Å². The van der Waals surface area contributed by atoms with Gasteiger partial charge in [-0.2, -0.15) is 0 Å². The summed E-state index contributed by atoms with van der Waals surface area (Å²) in [6.45, 7) is 5.04. The van der Waals surface area contributed by atoms with Gasteiger partial charge in [0, 0.05) is 13.0 Å². The molecule has 0 aromatic heterocycles. The van der Waals surface area contributed by atoms with Gasteiger partial charge in [-0.3, -0.25) is 4.79 Å². The molecule has 1 amide bonds. The molecule has 4 nitrogen and oxygen atoms in total. The molecule has 4 heteroatoms. The van der Waals surface area contributed by atoms with E-state index >= 15 is 0 Å². The molecule has 0 atom stereocenters. The molecule has 0 radical (unpaired) electrons. The largest absolute Gasteiger partial charge is 0.454 e. The lowest BCUT2D eigenvalue weighted by atomic mass is 10.1. The third-order valence-electron chi connectivity index (χ3n) is 2.88. The van der Waals surface area contributed by atoms with Crippen molar-refractivity contribution in [2.75, 3.05) is 6.79 Å². The number of hydrogen-bond donors (Lipinski definition) is 1. The first kappa shape index (κ1) is 12.7. The van der Waals surface area contributed by atoms with E-state index in [1.54, 1.807) is 0 Å². The predicted octanol–water partition coefficient (Wildman–Crippen LogP) is 2.47. The average Bonchev–Trinajstić information content (AvgIpc) is 2.81. The van der Waals surface area contributed by atoms with Gasteiger partial charge < -0.3 is 14.8 Å². The van der Waals surface area contributed by atoms with Gasteiger partial charge in [0.2, 0.25) is 12.7 Å². The van der Waals surface area contributed by atoms with Crippen LogP contribution >= 0.6 is 0 Å². The fourth-order valence-electron chi connectivity index (χ4n) is 1.76. The second kappa shape index (κ2) is 5.76. The molecule has 0 saturated carbocycles. The third kappa shape index (κ3) is 3.39. The summed E-state index contributed by atoms with van der Waals surface area (Å²) in [6.07, 6.45) is 1.51. The molecule has 18 heavy (non-hydrogen) atoms. The molecule has 1 aliphatic heterocycles. The van der Waals surface area contributed by atoms with Crippen LogP contribution in [0.2, 0.25) is 0 Å². The fourth-order valence-corrected chi connectivity index (χ4v) is 1.76. The van der Waals surface area contributed by atoms with E-state index < -0.39 is 0 Å². The van der Waals surface area contributed by atoms with Crippen molar-refractivity contribution in [1.82, 2.24) is 5.32 Å². The van der Waals surface area contributed by atoms with E-state index in [0.29, 0.717) is 18.9 Å². The van der Waals surface area contributed by atoms with Gasteiger partial charge >= 0.3 is 0 Å². The summed E-state index contributed by atoms with van der Waals surface area (Å²) in [7, 11) is 0. The van der Waals surface area contributed by atoms with Crippen LogP contribution in [0.3, 0.4) is 0 Å². The van der Waals surface area contributed by atoms with E-state index in [9.17, 15) is 4.79 Å². The smallest absolute Gasteiger partial charge is 0.231 e. The first-order valence-corrected chi connectivity index (χ1v) is 6.30. The minimum atomic E-state index is 0.0985. The quantitative estimate of drug-likeness (QED) is 0.872. The first-order valence-electron chi connectivity index (χ1n) is 6.30. The molecule has 0 bridgehead atoms. The van der Waals surface area contributed by atoms with Gasteiger partial charge in [-0.05, 0) is 30.0 Å². The van der Waals surface area contributed by atoms with Crippen molar-refractivity contribution in [3.05, 3.63) is 23.8 Å². The monoisotopic (exact) mass is 249 g/mol. The second-order valence-electron chi connectivity index (χ2n) is 4.90. The predicted molar refractivity (Wildman–Crippen MR) is 68.5 cm³/mol. The highest BCUT2D eigenvalue weighted by Crippen LogP contribution is 2.32. The first-order chi connectivity index (χ1) is 8.65. The zero-order valence-electron chi connectivity index (χ0n) is 10.9. The summed E-state index contributed by atoms with van der Waals surface area (Å²) in [5, 5.41) is 2.91. The van der Waals surface area contributed by atoms with Crippen LogP contribution in [0, 0.1) is 5.92 Å². The zero-order valence-corrected chi connectivity index (χ0v) is 10.9. The molecule has 0 saturated heterocycles. The highest BCUT2D eigenvalue weighted by molar-refractivity contribution is 5.75. The Morgan fingerprint density at radius 2 is 2.11 bits per heavy atom. The van der Waals surface area contributed by atoms with Crippen LogP contribution in [-0.4, -0.2) is 12.7 Å². The Morgan fingerprint density at radius 1 is 1.33 bits per heavy atom. The van der Waals surface area contributed by atoms with Gasteiger partial charge in [0.1, 0.15) is 0 Å².